The number of hydrogen-bond acceptors (Lipinski definition) is 6. The van der Waals surface area contributed by atoms with E-state index in [1.807, 2.05) is 4.90 Å². The highest BCUT2D eigenvalue weighted by Crippen LogP contribution is 2.32. The Kier molecular flexibility index (Phi) is 6.73. The Balaban J connectivity index is 1.86. The van der Waals surface area contributed by atoms with E-state index < -0.39 is 12.0 Å². The Morgan fingerprint density at radius 3 is 2.63 bits per heavy atom. The van der Waals surface area contributed by atoms with Crippen molar-refractivity contribution < 1.29 is 19.1 Å². The molecule has 1 aliphatic rings. The number of benzene rings is 1. The van der Waals surface area contributed by atoms with Gasteiger partial charge in [-0.05, 0) is 29.8 Å². The Morgan fingerprint density at radius 2 is 1.96 bits per heavy atom. The Hall–Kier alpha value is -1.64. The fourth-order valence-corrected chi connectivity index (χ4v) is 4.21. The van der Waals surface area contributed by atoms with Crippen molar-refractivity contribution in [1.82, 2.24) is 4.90 Å². The zero-order valence-corrected chi connectivity index (χ0v) is 16.9. The molecule has 1 fully saturated rings. The number of halogens is 2. The van der Waals surface area contributed by atoms with Gasteiger partial charge >= 0.3 is 5.97 Å². The molecule has 0 aliphatic carbocycles. The van der Waals surface area contributed by atoms with Gasteiger partial charge in [0.15, 0.2) is 0 Å². The molecular formula is C18H18Cl2N2O4S. The summed E-state index contributed by atoms with van der Waals surface area (Å²) in [5.74, 6) is -0.676. The summed E-state index contributed by atoms with van der Waals surface area (Å²) in [6, 6.07) is 7.80. The first-order valence-corrected chi connectivity index (χ1v) is 9.82. The molecule has 0 saturated carbocycles. The highest BCUT2D eigenvalue weighted by Gasteiger charge is 2.31. The molecule has 9 heteroatoms. The van der Waals surface area contributed by atoms with Crippen molar-refractivity contribution in [3.8, 4) is 0 Å². The molecule has 1 unspecified atom stereocenters. The second kappa shape index (κ2) is 9.03. The molecule has 2 heterocycles. The van der Waals surface area contributed by atoms with Crippen molar-refractivity contribution in [2.24, 2.45) is 0 Å². The van der Waals surface area contributed by atoms with E-state index >= 15 is 0 Å². The van der Waals surface area contributed by atoms with Crippen LogP contribution in [0.5, 0.6) is 0 Å². The number of rotatable bonds is 5. The van der Waals surface area contributed by atoms with E-state index in [0.717, 1.165) is 11.3 Å². The fourth-order valence-electron chi connectivity index (χ4n) is 2.87. The van der Waals surface area contributed by atoms with Gasteiger partial charge in [-0.1, -0.05) is 29.3 Å². The summed E-state index contributed by atoms with van der Waals surface area (Å²) >= 11 is 13.5. The largest absolute Gasteiger partial charge is 0.465 e. The summed E-state index contributed by atoms with van der Waals surface area (Å²) in [5.41, 5.74) is 0.671. The molecule has 144 valence electrons. The normalized spacial score (nSPS) is 16.0. The van der Waals surface area contributed by atoms with Crippen LogP contribution in [0, 0.1) is 0 Å². The lowest BCUT2D eigenvalue weighted by Crippen LogP contribution is -2.44. The van der Waals surface area contributed by atoms with Crippen molar-refractivity contribution in [3.05, 3.63) is 50.8 Å². The number of esters is 1. The van der Waals surface area contributed by atoms with Crippen molar-refractivity contribution in [3.63, 3.8) is 0 Å². The predicted molar refractivity (Wildman–Crippen MR) is 106 cm³/mol. The number of amides is 1. The van der Waals surface area contributed by atoms with Crippen LogP contribution in [-0.4, -0.2) is 50.2 Å². The fraction of sp³-hybridized carbons (Fsp3) is 0.333. The summed E-state index contributed by atoms with van der Waals surface area (Å²) < 4.78 is 10.1. The van der Waals surface area contributed by atoms with Crippen molar-refractivity contribution in [2.75, 3.05) is 38.7 Å². The molecule has 1 aromatic carbocycles. The average molecular weight is 429 g/mol. The summed E-state index contributed by atoms with van der Waals surface area (Å²) in [4.78, 5) is 27.2. The van der Waals surface area contributed by atoms with E-state index in [2.05, 4.69) is 5.32 Å². The van der Waals surface area contributed by atoms with Gasteiger partial charge in [-0.25, -0.2) is 4.79 Å². The van der Waals surface area contributed by atoms with Gasteiger partial charge in [0.1, 0.15) is 10.9 Å². The minimum atomic E-state index is -0.595. The lowest BCUT2D eigenvalue weighted by Gasteiger charge is -2.34. The summed E-state index contributed by atoms with van der Waals surface area (Å²) in [6.45, 7) is 2.30. The molecule has 0 radical (unpaired) electrons. The van der Waals surface area contributed by atoms with Gasteiger partial charge in [-0.15, -0.1) is 11.3 Å². The summed E-state index contributed by atoms with van der Waals surface area (Å²) in [5, 5.41) is 4.37. The molecule has 1 amide bonds. The molecule has 1 N–H and O–H groups in total. The van der Waals surface area contributed by atoms with Crippen LogP contribution in [0.3, 0.4) is 0 Å². The van der Waals surface area contributed by atoms with E-state index in [1.54, 1.807) is 30.3 Å². The maximum absolute atomic E-state index is 13.1. The predicted octanol–water partition coefficient (Wildman–Crippen LogP) is 3.85. The van der Waals surface area contributed by atoms with E-state index in [0.29, 0.717) is 51.8 Å². The van der Waals surface area contributed by atoms with E-state index in [-0.39, 0.29) is 5.91 Å². The van der Waals surface area contributed by atoms with Crippen LogP contribution in [0.2, 0.25) is 10.0 Å². The number of carbonyl (C=O) groups excluding carboxylic acids is 2. The number of nitrogens with one attached hydrogen (secondary N) is 1. The SMILES string of the molecule is COC(=O)c1ccc(NC(=O)C(c2ccc(Cl)cc2Cl)N2CCOCC2)s1. The molecule has 2 aromatic rings. The van der Waals surface area contributed by atoms with Crippen LogP contribution >= 0.6 is 34.5 Å². The van der Waals surface area contributed by atoms with Crippen LogP contribution in [0.15, 0.2) is 30.3 Å². The van der Waals surface area contributed by atoms with Crippen molar-refractivity contribution in [1.29, 1.82) is 0 Å². The third-order valence-corrected chi connectivity index (χ3v) is 5.70. The maximum atomic E-state index is 13.1. The Morgan fingerprint density at radius 1 is 1.22 bits per heavy atom. The van der Waals surface area contributed by atoms with Gasteiger partial charge < -0.3 is 14.8 Å². The highest BCUT2D eigenvalue weighted by molar-refractivity contribution is 7.18. The van der Waals surface area contributed by atoms with Gasteiger partial charge in [0.2, 0.25) is 5.91 Å². The van der Waals surface area contributed by atoms with Gasteiger partial charge in [0, 0.05) is 23.1 Å². The lowest BCUT2D eigenvalue weighted by molar-refractivity contribution is -0.123. The van der Waals surface area contributed by atoms with Crippen LogP contribution in [0.25, 0.3) is 0 Å². The minimum Gasteiger partial charge on any atom is -0.465 e. The Labute approximate surface area is 171 Å². The van der Waals surface area contributed by atoms with E-state index in [1.165, 1.54) is 7.11 Å². The molecule has 6 nitrogen and oxygen atoms in total. The topological polar surface area (TPSA) is 67.9 Å². The second-order valence-electron chi connectivity index (χ2n) is 5.86. The number of methoxy groups -OCH3 is 1. The summed E-state index contributed by atoms with van der Waals surface area (Å²) in [6.07, 6.45) is 0. The average Bonchev–Trinajstić information content (AvgIpc) is 3.12. The first-order chi connectivity index (χ1) is 13.0. The quantitative estimate of drug-likeness (QED) is 0.732. The number of nitrogens with zero attached hydrogens (tertiary/aromatic N) is 1. The summed E-state index contributed by atoms with van der Waals surface area (Å²) in [7, 11) is 1.32. The molecule has 1 aromatic heterocycles. The minimum absolute atomic E-state index is 0.237. The van der Waals surface area contributed by atoms with Gasteiger partial charge in [-0.3, -0.25) is 9.69 Å². The zero-order valence-electron chi connectivity index (χ0n) is 14.5. The molecule has 1 saturated heterocycles. The van der Waals surface area contributed by atoms with E-state index in [9.17, 15) is 9.59 Å². The molecule has 0 bridgehead atoms. The lowest BCUT2D eigenvalue weighted by atomic mass is 10.0. The molecular weight excluding hydrogens is 411 g/mol. The molecule has 1 aliphatic heterocycles. The van der Waals surface area contributed by atoms with E-state index in [4.69, 9.17) is 32.7 Å². The number of carbonyl (C=O) groups is 2. The van der Waals surface area contributed by atoms with Crippen LogP contribution in [0.1, 0.15) is 21.3 Å². The van der Waals surface area contributed by atoms with Gasteiger partial charge in [0.05, 0.1) is 25.3 Å². The zero-order chi connectivity index (χ0) is 19.4. The first kappa shape index (κ1) is 20.1. The maximum Gasteiger partial charge on any atom is 0.348 e. The number of anilines is 1. The van der Waals surface area contributed by atoms with Gasteiger partial charge in [-0.2, -0.15) is 0 Å². The number of ether oxygens (including phenoxy) is 2. The Bertz CT molecular complexity index is 837. The number of thiophene rings is 1. The first-order valence-electron chi connectivity index (χ1n) is 8.25. The monoisotopic (exact) mass is 428 g/mol. The van der Waals surface area contributed by atoms with Gasteiger partial charge in [0.25, 0.3) is 0 Å². The van der Waals surface area contributed by atoms with Crippen LogP contribution in [-0.2, 0) is 14.3 Å². The third-order valence-electron chi connectivity index (χ3n) is 4.16. The molecule has 27 heavy (non-hydrogen) atoms. The van der Waals surface area contributed by atoms with Crippen LogP contribution in [0.4, 0.5) is 5.00 Å². The van der Waals surface area contributed by atoms with Crippen LogP contribution < -0.4 is 5.32 Å². The highest BCUT2D eigenvalue weighted by atomic mass is 35.5. The smallest absolute Gasteiger partial charge is 0.348 e. The van der Waals surface area contributed by atoms with Crippen molar-refractivity contribution >= 4 is 51.4 Å². The number of morpholine rings is 1. The molecule has 0 spiro atoms. The molecule has 3 rings (SSSR count). The van der Waals surface area contributed by atoms with Crippen molar-refractivity contribution in [2.45, 2.75) is 6.04 Å². The second-order valence-corrected chi connectivity index (χ2v) is 7.79. The molecule has 1 atom stereocenters. The number of hydrogen-bond donors (Lipinski definition) is 1. The standard InChI is InChI=1S/C18H18Cl2N2O4S/c1-25-18(24)14-4-5-15(27-14)21-17(23)16(22-6-8-26-9-7-22)12-3-2-11(19)10-13(12)20/h2-5,10,16H,6-9H2,1H3,(H,21,23). The third kappa shape index (κ3) is 4.80.